The number of anilines is 1. The monoisotopic (exact) mass is 380 g/mol. The molecule has 0 unspecified atom stereocenters. The van der Waals surface area contributed by atoms with Gasteiger partial charge in [-0.3, -0.25) is 0 Å². The van der Waals surface area contributed by atoms with E-state index < -0.39 is 0 Å². The fourth-order valence-corrected chi connectivity index (χ4v) is 3.02. The zero-order chi connectivity index (χ0) is 19.5. The van der Waals surface area contributed by atoms with Crippen molar-refractivity contribution in [2.45, 2.75) is 5.92 Å². The standard InChI is InChI=1S/C20H20N4O4/c1-26-16-9-8-15(10-17(16)27-2)21-20(25)24-11-14(12-24)19-22-18(23-28-19)13-6-4-3-5-7-13/h3-10,14H,11-12H2,1-2H3,(H,21,25). The summed E-state index contributed by atoms with van der Waals surface area (Å²) in [7, 11) is 3.12. The van der Waals surface area contributed by atoms with E-state index in [9.17, 15) is 4.79 Å². The third-order valence-corrected chi connectivity index (χ3v) is 4.63. The van der Waals surface area contributed by atoms with E-state index >= 15 is 0 Å². The van der Waals surface area contributed by atoms with Gasteiger partial charge in [0.25, 0.3) is 0 Å². The summed E-state index contributed by atoms with van der Waals surface area (Å²) in [5.41, 5.74) is 1.54. The summed E-state index contributed by atoms with van der Waals surface area (Å²) in [6.07, 6.45) is 0. The Hall–Kier alpha value is -3.55. The lowest BCUT2D eigenvalue weighted by molar-refractivity contribution is 0.147. The van der Waals surface area contributed by atoms with Crippen molar-refractivity contribution >= 4 is 11.7 Å². The number of benzene rings is 2. The highest BCUT2D eigenvalue weighted by Crippen LogP contribution is 2.31. The Balaban J connectivity index is 1.35. The van der Waals surface area contributed by atoms with Gasteiger partial charge in [-0.2, -0.15) is 4.98 Å². The van der Waals surface area contributed by atoms with Crippen LogP contribution in [0.15, 0.2) is 53.1 Å². The predicted molar refractivity (Wildman–Crippen MR) is 103 cm³/mol. The SMILES string of the molecule is COc1ccc(NC(=O)N2CC(c3nc(-c4ccccc4)no3)C2)cc1OC. The highest BCUT2D eigenvalue weighted by Gasteiger charge is 2.35. The van der Waals surface area contributed by atoms with Crippen LogP contribution in [0.3, 0.4) is 0 Å². The van der Waals surface area contributed by atoms with E-state index in [1.165, 1.54) is 0 Å². The molecule has 2 amide bonds. The summed E-state index contributed by atoms with van der Waals surface area (Å²) in [4.78, 5) is 18.6. The van der Waals surface area contributed by atoms with Gasteiger partial charge in [-0.25, -0.2) is 4.79 Å². The Kier molecular flexibility index (Phi) is 4.84. The molecule has 144 valence electrons. The largest absolute Gasteiger partial charge is 0.493 e. The zero-order valence-corrected chi connectivity index (χ0v) is 15.6. The predicted octanol–water partition coefficient (Wildman–Crippen LogP) is 3.39. The minimum Gasteiger partial charge on any atom is -0.493 e. The van der Waals surface area contributed by atoms with Gasteiger partial charge in [-0.15, -0.1) is 0 Å². The molecule has 1 N–H and O–H groups in total. The number of urea groups is 1. The highest BCUT2D eigenvalue weighted by atomic mass is 16.5. The van der Waals surface area contributed by atoms with Crippen molar-refractivity contribution in [1.29, 1.82) is 0 Å². The molecule has 1 saturated heterocycles. The molecular formula is C20H20N4O4. The maximum Gasteiger partial charge on any atom is 0.321 e. The average molecular weight is 380 g/mol. The molecule has 1 aliphatic rings. The number of amides is 2. The van der Waals surface area contributed by atoms with E-state index in [1.54, 1.807) is 37.3 Å². The molecule has 0 atom stereocenters. The van der Waals surface area contributed by atoms with E-state index in [0.29, 0.717) is 42.0 Å². The summed E-state index contributed by atoms with van der Waals surface area (Å²) in [6, 6.07) is 14.7. The van der Waals surface area contributed by atoms with Crippen LogP contribution in [-0.4, -0.2) is 48.4 Å². The fraction of sp³-hybridized carbons (Fsp3) is 0.250. The minimum atomic E-state index is -0.189. The Morgan fingerprint density at radius 2 is 1.86 bits per heavy atom. The molecule has 2 heterocycles. The number of nitrogens with one attached hydrogen (secondary N) is 1. The maximum atomic E-state index is 12.4. The van der Waals surface area contributed by atoms with E-state index in [4.69, 9.17) is 14.0 Å². The van der Waals surface area contributed by atoms with Crippen molar-refractivity contribution in [1.82, 2.24) is 15.0 Å². The normalized spacial score (nSPS) is 13.7. The van der Waals surface area contributed by atoms with Gasteiger partial charge < -0.3 is 24.2 Å². The van der Waals surface area contributed by atoms with Gasteiger partial charge in [0.15, 0.2) is 11.5 Å². The van der Waals surface area contributed by atoms with Crippen molar-refractivity contribution in [2.24, 2.45) is 0 Å². The first kappa shape index (κ1) is 17.8. The van der Waals surface area contributed by atoms with Crippen molar-refractivity contribution in [3.05, 3.63) is 54.4 Å². The first-order valence-electron chi connectivity index (χ1n) is 8.85. The summed E-state index contributed by atoms with van der Waals surface area (Å²) in [6.45, 7) is 1.05. The molecule has 8 heteroatoms. The van der Waals surface area contributed by atoms with E-state index in [2.05, 4.69) is 15.5 Å². The lowest BCUT2D eigenvalue weighted by Gasteiger charge is -2.36. The molecular weight excluding hydrogens is 360 g/mol. The van der Waals surface area contributed by atoms with Crippen LogP contribution in [0.4, 0.5) is 10.5 Å². The van der Waals surface area contributed by atoms with Gasteiger partial charge in [0.05, 0.1) is 20.1 Å². The number of aromatic nitrogens is 2. The molecule has 0 spiro atoms. The Morgan fingerprint density at radius 3 is 2.57 bits per heavy atom. The van der Waals surface area contributed by atoms with Gasteiger partial charge in [-0.05, 0) is 12.1 Å². The first-order valence-corrected chi connectivity index (χ1v) is 8.85. The lowest BCUT2D eigenvalue weighted by atomic mass is 10.0. The Morgan fingerprint density at radius 1 is 1.11 bits per heavy atom. The second-order valence-corrected chi connectivity index (χ2v) is 6.42. The van der Waals surface area contributed by atoms with Crippen LogP contribution in [0.25, 0.3) is 11.4 Å². The third kappa shape index (κ3) is 3.48. The third-order valence-electron chi connectivity index (χ3n) is 4.63. The van der Waals surface area contributed by atoms with Crippen LogP contribution in [0.2, 0.25) is 0 Å². The van der Waals surface area contributed by atoms with Crippen LogP contribution in [-0.2, 0) is 0 Å². The number of methoxy groups -OCH3 is 2. The lowest BCUT2D eigenvalue weighted by Crippen LogP contribution is -2.50. The summed E-state index contributed by atoms with van der Waals surface area (Å²) in [5, 5.41) is 6.89. The number of ether oxygens (including phenoxy) is 2. The average Bonchev–Trinajstić information content (AvgIpc) is 3.17. The minimum absolute atomic E-state index is 0.0427. The van der Waals surface area contributed by atoms with Crippen molar-refractivity contribution in [3.63, 3.8) is 0 Å². The van der Waals surface area contributed by atoms with Crippen LogP contribution >= 0.6 is 0 Å². The summed E-state index contributed by atoms with van der Waals surface area (Å²) in [5.74, 6) is 2.31. The molecule has 1 aliphatic heterocycles. The van der Waals surface area contributed by atoms with Gasteiger partial charge in [0.2, 0.25) is 11.7 Å². The van der Waals surface area contributed by atoms with Crippen LogP contribution in [0.5, 0.6) is 11.5 Å². The Bertz CT molecular complexity index is 967. The molecule has 3 aromatic rings. The summed E-state index contributed by atoms with van der Waals surface area (Å²) >= 11 is 0. The van der Waals surface area contributed by atoms with Gasteiger partial charge in [0.1, 0.15) is 0 Å². The number of hydrogen-bond acceptors (Lipinski definition) is 6. The molecule has 28 heavy (non-hydrogen) atoms. The molecule has 0 aliphatic carbocycles. The highest BCUT2D eigenvalue weighted by molar-refractivity contribution is 5.90. The zero-order valence-electron chi connectivity index (χ0n) is 15.6. The van der Waals surface area contributed by atoms with Crippen molar-refractivity contribution in [2.75, 3.05) is 32.6 Å². The van der Waals surface area contributed by atoms with Crippen LogP contribution in [0, 0.1) is 0 Å². The smallest absolute Gasteiger partial charge is 0.321 e. The molecule has 0 radical (unpaired) electrons. The van der Waals surface area contributed by atoms with Crippen LogP contribution < -0.4 is 14.8 Å². The molecule has 8 nitrogen and oxygen atoms in total. The molecule has 0 bridgehead atoms. The second kappa shape index (κ2) is 7.59. The quantitative estimate of drug-likeness (QED) is 0.730. The van der Waals surface area contributed by atoms with Gasteiger partial charge in [0, 0.05) is 30.4 Å². The topological polar surface area (TPSA) is 89.7 Å². The molecule has 1 aromatic heterocycles. The molecule has 0 saturated carbocycles. The van der Waals surface area contributed by atoms with E-state index in [0.717, 1.165) is 5.56 Å². The number of carbonyl (C=O) groups is 1. The number of carbonyl (C=O) groups excluding carboxylic acids is 1. The van der Waals surface area contributed by atoms with Crippen molar-refractivity contribution in [3.8, 4) is 22.9 Å². The van der Waals surface area contributed by atoms with E-state index in [1.807, 2.05) is 30.3 Å². The van der Waals surface area contributed by atoms with Crippen molar-refractivity contribution < 1.29 is 18.8 Å². The second-order valence-electron chi connectivity index (χ2n) is 6.42. The Labute approximate surface area is 162 Å². The van der Waals surface area contributed by atoms with Gasteiger partial charge >= 0.3 is 6.03 Å². The number of rotatable bonds is 5. The fourth-order valence-electron chi connectivity index (χ4n) is 3.02. The number of nitrogens with zero attached hydrogens (tertiary/aromatic N) is 3. The molecule has 2 aromatic carbocycles. The number of hydrogen-bond donors (Lipinski definition) is 1. The van der Waals surface area contributed by atoms with Gasteiger partial charge in [-0.1, -0.05) is 35.5 Å². The molecule has 4 rings (SSSR count). The number of likely N-dealkylation sites (tertiary alicyclic amines) is 1. The summed E-state index contributed by atoms with van der Waals surface area (Å²) < 4.78 is 15.8. The first-order chi connectivity index (χ1) is 13.7. The molecule has 1 fully saturated rings. The maximum absolute atomic E-state index is 12.4. The van der Waals surface area contributed by atoms with E-state index in [-0.39, 0.29) is 11.9 Å². The van der Waals surface area contributed by atoms with Crippen LogP contribution in [0.1, 0.15) is 11.8 Å².